The molecule has 0 aliphatic carbocycles. The molecule has 0 saturated carbocycles. The molecule has 0 saturated heterocycles. The van der Waals surface area contributed by atoms with Gasteiger partial charge < -0.3 is 32.9 Å². The molecule has 9 nitrogen and oxygen atoms in total. The third-order valence-corrected chi connectivity index (χ3v) is 14.0. The molecule has 6 rings (SSSR count). The van der Waals surface area contributed by atoms with E-state index in [4.69, 9.17) is 27.8 Å². The molecule has 2 aromatic heterocycles. The van der Waals surface area contributed by atoms with Crippen molar-refractivity contribution in [1.82, 2.24) is 0 Å². The van der Waals surface area contributed by atoms with E-state index in [-0.39, 0.29) is 23.2 Å². The number of furan rings is 2. The van der Waals surface area contributed by atoms with Crippen LogP contribution in [0.1, 0.15) is 64.5 Å². The number of methoxy groups -OCH3 is 1. The van der Waals surface area contributed by atoms with Gasteiger partial charge in [-0.1, -0.05) is 106 Å². The van der Waals surface area contributed by atoms with Crippen LogP contribution in [0.25, 0.3) is 11.1 Å². The maximum atomic E-state index is 11.2. The molecule has 0 bridgehead atoms. The Morgan fingerprint density at radius 3 is 1.42 bits per heavy atom. The van der Waals surface area contributed by atoms with Crippen LogP contribution < -0.4 is 19.8 Å². The van der Waals surface area contributed by atoms with Gasteiger partial charge in [-0.3, -0.25) is 0 Å². The number of carbonyl (C=O) groups is 2. The monoisotopic (exact) mass is 732 g/mol. The van der Waals surface area contributed by atoms with Gasteiger partial charge in [0.15, 0.2) is 0 Å². The van der Waals surface area contributed by atoms with Crippen molar-refractivity contribution in [1.29, 1.82) is 0 Å². The van der Waals surface area contributed by atoms with Crippen LogP contribution in [0.4, 0.5) is 0 Å². The fraction of sp³-hybridized carbons (Fsp3) is 0.209. The van der Waals surface area contributed by atoms with Crippen LogP contribution in [0.2, 0.25) is 5.04 Å². The summed E-state index contributed by atoms with van der Waals surface area (Å²) in [6.45, 7) is 10.7. The zero-order valence-electron chi connectivity index (χ0n) is 30.7. The summed E-state index contributed by atoms with van der Waals surface area (Å²) in [7, 11) is -1.02. The van der Waals surface area contributed by atoms with E-state index in [2.05, 4.69) is 45.0 Å². The van der Waals surface area contributed by atoms with Gasteiger partial charge >= 0.3 is 11.9 Å². The van der Waals surface area contributed by atoms with Crippen molar-refractivity contribution in [2.24, 2.45) is 0 Å². The van der Waals surface area contributed by atoms with Gasteiger partial charge in [-0.2, -0.15) is 0 Å². The van der Waals surface area contributed by atoms with Crippen LogP contribution in [0.3, 0.4) is 0 Å². The Bertz CT molecular complexity index is 2070. The Labute approximate surface area is 310 Å². The minimum Gasteiger partial charge on any atom is -0.497 e. The standard InChI is InChI=1S/C23H26O4Si.C20H18O5/c1-17-18(15-21(27-17)22(24)25)16-26-28(23(2,3)4,19-11-7-5-8-12-19)20-13-9-6-10-14-20;1-13-16(11-19(25-13)20(21)22)12-24-18-9-5-15(6-10-18)14-3-7-17(23-2)8-4-14/h5-15H,16H2,1-4H3,(H,24,25);3-11H,12H2,1-2H3,(H,21,22). The fourth-order valence-corrected chi connectivity index (χ4v) is 10.7. The Morgan fingerprint density at radius 2 is 1.04 bits per heavy atom. The maximum Gasteiger partial charge on any atom is 0.371 e. The lowest BCUT2D eigenvalue weighted by atomic mass is 10.1. The average Bonchev–Trinajstić information content (AvgIpc) is 3.73. The Balaban J connectivity index is 0.000000206. The number of aryl methyl sites for hydroxylation is 2. The first-order valence-electron chi connectivity index (χ1n) is 17.1. The van der Waals surface area contributed by atoms with Crippen LogP contribution in [0, 0.1) is 13.8 Å². The summed E-state index contributed by atoms with van der Waals surface area (Å²) < 4.78 is 28.2. The highest BCUT2D eigenvalue weighted by molar-refractivity contribution is 6.99. The zero-order valence-corrected chi connectivity index (χ0v) is 31.7. The highest BCUT2D eigenvalue weighted by Crippen LogP contribution is 2.37. The number of benzene rings is 4. The van der Waals surface area contributed by atoms with Gasteiger partial charge in [0.25, 0.3) is 8.32 Å². The number of hydrogen-bond donors (Lipinski definition) is 2. The van der Waals surface area contributed by atoms with Crippen molar-refractivity contribution in [3.63, 3.8) is 0 Å². The summed E-state index contributed by atoms with van der Waals surface area (Å²) in [5, 5.41) is 20.4. The number of ether oxygens (including phenoxy) is 2. The summed E-state index contributed by atoms with van der Waals surface area (Å²) in [6, 6.07) is 39.3. The predicted molar refractivity (Wildman–Crippen MR) is 206 cm³/mol. The van der Waals surface area contributed by atoms with Crippen molar-refractivity contribution in [2.75, 3.05) is 7.11 Å². The largest absolute Gasteiger partial charge is 0.497 e. The molecule has 2 N–H and O–H groups in total. The molecule has 0 aliphatic heterocycles. The second-order valence-corrected chi connectivity index (χ2v) is 17.8. The molecule has 53 heavy (non-hydrogen) atoms. The van der Waals surface area contributed by atoms with Crippen molar-refractivity contribution in [3.05, 3.63) is 155 Å². The lowest BCUT2D eigenvalue weighted by Crippen LogP contribution is -2.66. The second-order valence-electron chi connectivity index (χ2n) is 13.5. The first-order chi connectivity index (χ1) is 25.3. The molecule has 4 aromatic carbocycles. The van der Waals surface area contributed by atoms with Crippen molar-refractivity contribution < 1.29 is 42.5 Å². The molecule has 274 valence electrons. The molecule has 6 aromatic rings. The van der Waals surface area contributed by atoms with E-state index in [0.29, 0.717) is 23.9 Å². The Morgan fingerprint density at radius 1 is 0.623 bits per heavy atom. The number of carboxylic acids is 2. The third-order valence-electron chi connectivity index (χ3n) is 9.00. The van der Waals surface area contributed by atoms with Crippen LogP contribution in [0.15, 0.2) is 130 Å². The first-order valence-corrected chi connectivity index (χ1v) is 19.0. The van der Waals surface area contributed by atoms with E-state index < -0.39 is 20.3 Å². The molecule has 0 radical (unpaired) electrons. The van der Waals surface area contributed by atoms with E-state index in [9.17, 15) is 14.7 Å². The second kappa shape index (κ2) is 16.7. The summed E-state index contributed by atoms with van der Waals surface area (Å²) in [5.41, 5.74) is 3.65. The van der Waals surface area contributed by atoms with Gasteiger partial charge in [0.2, 0.25) is 11.5 Å². The molecule has 0 aliphatic rings. The topological polar surface area (TPSA) is 129 Å². The number of hydrogen-bond acceptors (Lipinski definition) is 7. The lowest BCUT2D eigenvalue weighted by Gasteiger charge is -2.43. The van der Waals surface area contributed by atoms with Gasteiger partial charge in [-0.25, -0.2) is 9.59 Å². The van der Waals surface area contributed by atoms with Crippen LogP contribution in [-0.2, 0) is 17.6 Å². The van der Waals surface area contributed by atoms with Crippen molar-refractivity contribution >= 4 is 30.6 Å². The maximum absolute atomic E-state index is 11.2. The predicted octanol–water partition coefficient (Wildman–Crippen LogP) is 8.90. The van der Waals surface area contributed by atoms with E-state index in [1.54, 1.807) is 27.0 Å². The molecule has 0 fully saturated rings. The quantitative estimate of drug-likeness (QED) is 0.119. The third kappa shape index (κ3) is 8.97. The molecular weight excluding hydrogens is 689 g/mol. The minimum atomic E-state index is -2.66. The Kier molecular flexibility index (Phi) is 12.1. The van der Waals surface area contributed by atoms with E-state index in [0.717, 1.165) is 28.0 Å². The summed E-state index contributed by atoms with van der Waals surface area (Å²) in [6.07, 6.45) is 0. The molecule has 2 heterocycles. The smallest absolute Gasteiger partial charge is 0.371 e. The number of carboxylic acid groups (broad SMARTS) is 2. The van der Waals surface area contributed by atoms with Gasteiger partial charge in [-0.05, 0) is 76.8 Å². The van der Waals surface area contributed by atoms with Gasteiger partial charge in [-0.15, -0.1) is 0 Å². The van der Waals surface area contributed by atoms with Crippen molar-refractivity contribution in [2.45, 2.75) is 52.9 Å². The minimum absolute atomic E-state index is 0.0569. The number of aromatic carboxylic acids is 2. The molecule has 0 amide bonds. The lowest BCUT2D eigenvalue weighted by molar-refractivity contribution is 0.0651. The summed E-state index contributed by atoms with van der Waals surface area (Å²) >= 11 is 0. The molecule has 0 atom stereocenters. The van der Waals surface area contributed by atoms with Gasteiger partial charge in [0.1, 0.15) is 29.6 Å². The first kappa shape index (κ1) is 38.4. The molecule has 0 spiro atoms. The van der Waals surface area contributed by atoms with Crippen molar-refractivity contribution in [3.8, 4) is 22.6 Å². The van der Waals surface area contributed by atoms with E-state index in [1.165, 1.54) is 16.4 Å². The average molecular weight is 733 g/mol. The number of rotatable bonds is 12. The summed E-state index contributed by atoms with van der Waals surface area (Å²) in [4.78, 5) is 22.2. The SMILES string of the molecule is COc1ccc(-c2ccc(OCc3cc(C(=O)O)oc3C)cc2)cc1.Cc1oc(C(=O)O)cc1CO[Si](c1ccccc1)(c1ccccc1)C(C)(C)C. The van der Waals surface area contributed by atoms with Crippen LogP contribution in [0.5, 0.6) is 11.5 Å². The molecule has 10 heteroatoms. The normalized spacial score (nSPS) is 11.4. The Hall–Kier alpha value is -5.84. The van der Waals surface area contributed by atoms with E-state index in [1.807, 2.05) is 84.9 Å². The van der Waals surface area contributed by atoms with E-state index >= 15 is 0 Å². The highest BCUT2D eigenvalue weighted by Gasteiger charge is 2.50. The highest BCUT2D eigenvalue weighted by atomic mass is 28.4. The molecular formula is C43H44O9Si. The zero-order chi connectivity index (χ0) is 38.2. The van der Waals surface area contributed by atoms with Gasteiger partial charge in [0, 0.05) is 11.1 Å². The van der Waals surface area contributed by atoms with Gasteiger partial charge in [0.05, 0.1) is 13.7 Å². The fourth-order valence-electron chi connectivity index (χ4n) is 6.17. The van der Waals surface area contributed by atoms with Crippen LogP contribution >= 0.6 is 0 Å². The molecule has 0 unspecified atom stereocenters. The van der Waals surface area contributed by atoms with Crippen LogP contribution in [-0.4, -0.2) is 37.6 Å². The summed E-state index contributed by atoms with van der Waals surface area (Å²) in [5.74, 6) is 0.361.